The molecule has 2 aromatic carbocycles. The molecule has 0 radical (unpaired) electrons. The summed E-state index contributed by atoms with van der Waals surface area (Å²) in [6.45, 7) is 5.62. The number of amides is 1. The maximum absolute atomic E-state index is 12.3. The van der Waals surface area contributed by atoms with E-state index in [2.05, 4.69) is 10.2 Å². The number of carbonyl (C=O) groups is 1. The minimum absolute atomic E-state index is 0.00149. The molecule has 3 rings (SSSR count). The number of rotatable bonds is 8. The smallest absolute Gasteiger partial charge is 0.258 e. The van der Waals surface area contributed by atoms with Crippen molar-refractivity contribution in [2.24, 2.45) is 0 Å². The fourth-order valence-corrected chi connectivity index (χ4v) is 3.22. The zero-order chi connectivity index (χ0) is 19.8. The van der Waals surface area contributed by atoms with E-state index in [-0.39, 0.29) is 18.6 Å². The van der Waals surface area contributed by atoms with Crippen molar-refractivity contribution in [2.75, 3.05) is 46.6 Å². The van der Waals surface area contributed by atoms with Crippen LogP contribution in [0.2, 0.25) is 0 Å². The number of methoxy groups -OCH3 is 1. The second-order valence-corrected chi connectivity index (χ2v) is 6.84. The van der Waals surface area contributed by atoms with E-state index in [1.54, 1.807) is 7.11 Å². The molecule has 0 bridgehead atoms. The highest BCUT2D eigenvalue weighted by atomic mass is 16.5. The van der Waals surface area contributed by atoms with Gasteiger partial charge >= 0.3 is 0 Å². The van der Waals surface area contributed by atoms with Gasteiger partial charge in [-0.25, -0.2) is 0 Å². The first-order valence-electron chi connectivity index (χ1n) is 9.57. The third kappa shape index (κ3) is 5.71. The van der Waals surface area contributed by atoms with Gasteiger partial charge in [0.15, 0.2) is 6.61 Å². The molecule has 0 aromatic heterocycles. The molecule has 1 amide bonds. The summed E-state index contributed by atoms with van der Waals surface area (Å²) in [6, 6.07) is 15.8. The maximum atomic E-state index is 12.3. The number of carbonyl (C=O) groups excluding carboxylic acids is 1. The number of hydrogen-bond donors (Lipinski definition) is 1. The van der Waals surface area contributed by atoms with Gasteiger partial charge in [-0.05, 0) is 36.8 Å². The van der Waals surface area contributed by atoms with Crippen LogP contribution in [0.1, 0.15) is 17.2 Å². The van der Waals surface area contributed by atoms with E-state index >= 15 is 0 Å². The lowest BCUT2D eigenvalue weighted by Crippen LogP contribution is -2.44. The van der Waals surface area contributed by atoms with Crippen molar-refractivity contribution in [3.8, 4) is 11.5 Å². The van der Waals surface area contributed by atoms with E-state index in [9.17, 15) is 4.79 Å². The van der Waals surface area contributed by atoms with Gasteiger partial charge in [-0.3, -0.25) is 9.69 Å². The Hall–Kier alpha value is -2.57. The van der Waals surface area contributed by atoms with Crippen LogP contribution < -0.4 is 14.8 Å². The van der Waals surface area contributed by atoms with Gasteiger partial charge < -0.3 is 19.5 Å². The van der Waals surface area contributed by atoms with Crippen LogP contribution in [0.4, 0.5) is 0 Å². The lowest BCUT2D eigenvalue weighted by Gasteiger charge is -2.35. The SMILES string of the molecule is COc1ccc(C(CNC(=O)COc2ccc(C)cc2)N2CCOCC2)cc1. The minimum atomic E-state index is -0.132. The fraction of sp³-hybridized carbons (Fsp3) is 0.409. The minimum Gasteiger partial charge on any atom is -0.497 e. The summed E-state index contributed by atoms with van der Waals surface area (Å²) in [6.07, 6.45) is 0. The lowest BCUT2D eigenvalue weighted by molar-refractivity contribution is -0.123. The molecular weight excluding hydrogens is 356 g/mol. The summed E-state index contributed by atoms with van der Waals surface area (Å²) in [4.78, 5) is 14.6. The summed E-state index contributed by atoms with van der Waals surface area (Å²) >= 11 is 0. The Morgan fingerprint density at radius 1 is 1.07 bits per heavy atom. The molecule has 1 heterocycles. The predicted molar refractivity (Wildman–Crippen MR) is 108 cm³/mol. The number of aryl methyl sites for hydroxylation is 1. The highest BCUT2D eigenvalue weighted by Crippen LogP contribution is 2.23. The van der Waals surface area contributed by atoms with E-state index in [4.69, 9.17) is 14.2 Å². The molecule has 6 heteroatoms. The first kappa shape index (κ1) is 20.2. The zero-order valence-electron chi connectivity index (χ0n) is 16.5. The lowest BCUT2D eigenvalue weighted by atomic mass is 10.0. The normalized spacial score (nSPS) is 15.6. The van der Waals surface area contributed by atoms with Gasteiger partial charge in [-0.15, -0.1) is 0 Å². The molecule has 6 nitrogen and oxygen atoms in total. The van der Waals surface area contributed by atoms with Gasteiger partial charge in [0, 0.05) is 19.6 Å². The van der Waals surface area contributed by atoms with Crippen LogP contribution in [0.3, 0.4) is 0 Å². The van der Waals surface area contributed by atoms with Gasteiger partial charge in [0.05, 0.1) is 26.4 Å². The first-order valence-corrected chi connectivity index (χ1v) is 9.57. The number of benzene rings is 2. The van der Waals surface area contributed by atoms with Crippen LogP contribution >= 0.6 is 0 Å². The van der Waals surface area contributed by atoms with Crippen LogP contribution in [0.5, 0.6) is 11.5 Å². The molecule has 1 N–H and O–H groups in total. The predicted octanol–water partition coefficient (Wildman–Crippen LogP) is 2.57. The van der Waals surface area contributed by atoms with Crippen LogP contribution in [-0.2, 0) is 9.53 Å². The van der Waals surface area contributed by atoms with E-state index in [0.717, 1.165) is 30.0 Å². The van der Waals surface area contributed by atoms with Crippen molar-refractivity contribution in [2.45, 2.75) is 13.0 Å². The summed E-state index contributed by atoms with van der Waals surface area (Å²) in [5.41, 5.74) is 2.30. The number of nitrogens with zero attached hydrogens (tertiary/aromatic N) is 1. The Morgan fingerprint density at radius 3 is 2.36 bits per heavy atom. The summed E-state index contributed by atoms with van der Waals surface area (Å²) in [7, 11) is 1.66. The molecule has 0 spiro atoms. The third-order valence-electron chi connectivity index (χ3n) is 4.87. The fourth-order valence-electron chi connectivity index (χ4n) is 3.22. The molecule has 1 aliphatic heterocycles. The van der Waals surface area contributed by atoms with Crippen LogP contribution in [0, 0.1) is 6.92 Å². The van der Waals surface area contributed by atoms with Gasteiger partial charge in [0.25, 0.3) is 5.91 Å². The molecule has 0 saturated carbocycles. The Balaban J connectivity index is 1.58. The van der Waals surface area contributed by atoms with E-state index in [1.807, 2.05) is 55.5 Å². The number of morpholine rings is 1. The molecule has 1 saturated heterocycles. The Morgan fingerprint density at radius 2 is 1.71 bits per heavy atom. The number of nitrogens with one attached hydrogen (secondary N) is 1. The van der Waals surface area contributed by atoms with E-state index < -0.39 is 0 Å². The Bertz CT molecular complexity index is 740. The van der Waals surface area contributed by atoms with Crippen molar-refractivity contribution in [1.82, 2.24) is 10.2 Å². The number of hydrogen-bond acceptors (Lipinski definition) is 5. The van der Waals surface area contributed by atoms with Crippen LogP contribution in [-0.4, -0.2) is 57.4 Å². The van der Waals surface area contributed by atoms with Gasteiger partial charge in [0.2, 0.25) is 0 Å². The third-order valence-corrected chi connectivity index (χ3v) is 4.87. The zero-order valence-corrected chi connectivity index (χ0v) is 16.5. The molecule has 1 aliphatic rings. The molecule has 1 atom stereocenters. The van der Waals surface area contributed by atoms with Crippen molar-refractivity contribution < 1.29 is 19.0 Å². The van der Waals surface area contributed by atoms with Crippen molar-refractivity contribution in [3.63, 3.8) is 0 Å². The van der Waals surface area contributed by atoms with Crippen LogP contribution in [0.25, 0.3) is 0 Å². The molecule has 0 aliphatic carbocycles. The molecule has 1 unspecified atom stereocenters. The van der Waals surface area contributed by atoms with E-state index in [1.165, 1.54) is 0 Å². The van der Waals surface area contributed by atoms with Gasteiger partial charge in [-0.1, -0.05) is 29.8 Å². The maximum Gasteiger partial charge on any atom is 0.258 e. The largest absolute Gasteiger partial charge is 0.497 e. The molecule has 28 heavy (non-hydrogen) atoms. The Labute approximate surface area is 166 Å². The summed E-state index contributed by atoms with van der Waals surface area (Å²) in [5, 5.41) is 3.01. The highest BCUT2D eigenvalue weighted by Gasteiger charge is 2.23. The van der Waals surface area contributed by atoms with Gasteiger partial charge in [0.1, 0.15) is 11.5 Å². The van der Waals surface area contributed by atoms with Gasteiger partial charge in [-0.2, -0.15) is 0 Å². The number of ether oxygens (including phenoxy) is 3. The van der Waals surface area contributed by atoms with Crippen molar-refractivity contribution >= 4 is 5.91 Å². The Kier molecular flexibility index (Phi) is 7.28. The molecule has 2 aromatic rings. The standard InChI is InChI=1S/C22H28N2O4/c1-17-3-7-20(8-4-17)28-16-22(25)23-15-21(24-11-13-27-14-12-24)18-5-9-19(26-2)10-6-18/h3-10,21H,11-16H2,1-2H3,(H,23,25). The molecule has 150 valence electrons. The quantitative estimate of drug-likeness (QED) is 0.758. The second-order valence-electron chi connectivity index (χ2n) is 6.84. The van der Waals surface area contributed by atoms with Crippen molar-refractivity contribution in [3.05, 3.63) is 59.7 Å². The average Bonchev–Trinajstić information content (AvgIpc) is 2.74. The molecule has 1 fully saturated rings. The van der Waals surface area contributed by atoms with Crippen molar-refractivity contribution in [1.29, 1.82) is 0 Å². The summed E-state index contributed by atoms with van der Waals surface area (Å²) in [5.74, 6) is 1.38. The summed E-state index contributed by atoms with van der Waals surface area (Å²) < 4.78 is 16.3. The van der Waals surface area contributed by atoms with Crippen LogP contribution in [0.15, 0.2) is 48.5 Å². The highest BCUT2D eigenvalue weighted by molar-refractivity contribution is 5.77. The average molecular weight is 384 g/mol. The topological polar surface area (TPSA) is 60.0 Å². The molecular formula is C22H28N2O4. The first-order chi connectivity index (χ1) is 13.7. The second kappa shape index (κ2) is 10.1. The van der Waals surface area contributed by atoms with E-state index in [0.29, 0.717) is 25.5 Å². The monoisotopic (exact) mass is 384 g/mol.